The van der Waals surface area contributed by atoms with Crippen LogP contribution >= 0.6 is 0 Å². The van der Waals surface area contributed by atoms with Crippen molar-refractivity contribution < 1.29 is 13.9 Å². The lowest BCUT2D eigenvalue weighted by molar-refractivity contribution is 0.193. The van der Waals surface area contributed by atoms with Crippen molar-refractivity contribution in [1.29, 1.82) is 0 Å². The summed E-state index contributed by atoms with van der Waals surface area (Å²) < 4.78 is 19.4. The lowest BCUT2D eigenvalue weighted by Crippen LogP contribution is -2.52. The summed E-state index contributed by atoms with van der Waals surface area (Å²) in [4.78, 5) is 16.0. The number of piperazine rings is 1. The van der Waals surface area contributed by atoms with Gasteiger partial charge in [0.2, 0.25) is 0 Å². The highest BCUT2D eigenvalue weighted by molar-refractivity contribution is 5.74. The van der Waals surface area contributed by atoms with Crippen molar-refractivity contribution >= 4 is 11.7 Å². The molecular weight excluding hydrogens is 333 g/mol. The highest BCUT2D eigenvalue weighted by Crippen LogP contribution is 2.20. The molecule has 1 fully saturated rings. The van der Waals surface area contributed by atoms with Crippen LogP contribution in [0, 0.1) is 5.82 Å². The van der Waals surface area contributed by atoms with Crippen molar-refractivity contribution in [2.24, 2.45) is 0 Å². The van der Waals surface area contributed by atoms with Crippen molar-refractivity contribution in [2.45, 2.75) is 6.42 Å². The summed E-state index contributed by atoms with van der Waals surface area (Å²) in [6.45, 7) is 3.56. The molecule has 6 heteroatoms. The second kappa shape index (κ2) is 9.08. The van der Waals surface area contributed by atoms with E-state index in [-0.39, 0.29) is 11.8 Å². The molecule has 0 unspecified atom stereocenters. The molecule has 2 aromatic carbocycles. The second-order valence-electron chi connectivity index (χ2n) is 6.17. The molecule has 138 valence electrons. The van der Waals surface area contributed by atoms with Gasteiger partial charge in [-0.05, 0) is 30.7 Å². The lowest BCUT2D eigenvalue weighted by atomic mass is 10.2. The molecule has 0 aromatic heterocycles. The molecule has 1 aliphatic heterocycles. The molecule has 0 bridgehead atoms. The third-order valence-corrected chi connectivity index (χ3v) is 4.37. The van der Waals surface area contributed by atoms with Gasteiger partial charge in [0.05, 0.1) is 12.3 Å². The number of benzene rings is 2. The molecule has 1 saturated heterocycles. The third kappa shape index (κ3) is 4.88. The third-order valence-electron chi connectivity index (χ3n) is 4.37. The van der Waals surface area contributed by atoms with Gasteiger partial charge in [-0.3, -0.25) is 0 Å². The summed E-state index contributed by atoms with van der Waals surface area (Å²) in [5.74, 6) is 0.618. The summed E-state index contributed by atoms with van der Waals surface area (Å²) in [5, 5.41) is 2.92. The van der Waals surface area contributed by atoms with E-state index in [9.17, 15) is 9.18 Å². The van der Waals surface area contributed by atoms with Gasteiger partial charge in [-0.15, -0.1) is 0 Å². The fraction of sp³-hybridized carbons (Fsp3) is 0.350. The maximum atomic E-state index is 13.8. The van der Waals surface area contributed by atoms with Crippen LogP contribution in [0.1, 0.15) is 6.42 Å². The van der Waals surface area contributed by atoms with Crippen LogP contribution in [-0.4, -0.2) is 50.3 Å². The van der Waals surface area contributed by atoms with Crippen LogP contribution in [0.25, 0.3) is 0 Å². The zero-order chi connectivity index (χ0) is 18.2. The highest BCUT2D eigenvalue weighted by atomic mass is 19.1. The number of nitrogens with one attached hydrogen (secondary N) is 1. The van der Waals surface area contributed by atoms with Crippen molar-refractivity contribution in [3.05, 3.63) is 60.4 Å². The van der Waals surface area contributed by atoms with E-state index >= 15 is 0 Å². The van der Waals surface area contributed by atoms with Crippen LogP contribution in [0.2, 0.25) is 0 Å². The fourth-order valence-electron chi connectivity index (χ4n) is 2.94. The molecule has 1 heterocycles. The topological polar surface area (TPSA) is 44.8 Å². The first kappa shape index (κ1) is 18.0. The number of carbonyl (C=O) groups is 1. The van der Waals surface area contributed by atoms with Crippen molar-refractivity contribution in [3.63, 3.8) is 0 Å². The summed E-state index contributed by atoms with van der Waals surface area (Å²) in [5.41, 5.74) is 0.602. The van der Waals surface area contributed by atoms with Gasteiger partial charge in [0.15, 0.2) is 0 Å². The number of hydrogen-bond acceptors (Lipinski definition) is 3. The molecule has 0 radical (unpaired) electrons. The first-order chi connectivity index (χ1) is 12.7. The summed E-state index contributed by atoms with van der Waals surface area (Å²) >= 11 is 0. The number of hydrogen-bond donors (Lipinski definition) is 1. The van der Waals surface area contributed by atoms with E-state index < -0.39 is 0 Å². The average Bonchev–Trinajstić information content (AvgIpc) is 2.69. The monoisotopic (exact) mass is 357 g/mol. The van der Waals surface area contributed by atoms with Gasteiger partial charge in [0.25, 0.3) is 0 Å². The van der Waals surface area contributed by atoms with Crippen LogP contribution < -0.4 is 15.0 Å². The van der Waals surface area contributed by atoms with E-state index in [0.717, 1.165) is 12.2 Å². The van der Waals surface area contributed by atoms with Crippen LogP contribution in [0.4, 0.5) is 14.9 Å². The van der Waals surface area contributed by atoms with Gasteiger partial charge in [0.1, 0.15) is 11.6 Å². The minimum Gasteiger partial charge on any atom is -0.494 e. The Hall–Kier alpha value is -2.76. The number of anilines is 1. The van der Waals surface area contributed by atoms with E-state index in [0.29, 0.717) is 45.0 Å². The number of nitrogens with zero attached hydrogens (tertiary/aromatic N) is 2. The fourth-order valence-corrected chi connectivity index (χ4v) is 2.94. The zero-order valence-electron chi connectivity index (χ0n) is 14.7. The van der Waals surface area contributed by atoms with Gasteiger partial charge < -0.3 is 19.9 Å². The molecule has 1 N–H and O–H groups in total. The smallest absolute Gasteiger partial charge is 0.317 e. The van der Waals surface area contributed by atoms with Crippen molar-refractivity contribution in [3.8, 4) is 5.75 Å². The van der Waals surface area contributed by atoms with Gasteiger partial charge in [-0.1, -0.05) is 30.3 Å². The Morgan fingerprint density at radius 2 is 1.69 bits per heavy atom. The molecular formula is C20H24FN3O2. The number of para-hydroxylation sites is 2. The Morgan fingerprint density at radius 3 is 2.42 bits per heavy atom. The molecule has 0 spiro atoms. The highest BCUT2D eigenvalue weighted by Gasteiger charge is 2.22. The maximum Gasteiger partial charge on any atom is 0.317 e. The molecule has 2 aromatic rings. The van der Waals surface area contributed by atoms with Gasteiger partial charge in [0, 0.05) is 32.7 Å². The summed E-state index contributed by atoms with van der Waals surface area (Å²) in [6.07, 6.45) is 0.746. The number of ether oxygens (including phenoxy) is 1. The van der Waals surface area contributed by atoms with Crippen LogP contribution in [0.3, 0.4) is 0 Å². The Balaban J connectivity index is 1.34. The van der Waals surface area contributed by atoms with Crippen LogP contribution in [0.5, 0.6) is 5.75 Å². The number of carbonyl (C=O) groups excluding carboxylic acids is 1. The maximum absolute atomic E-state index is 13.8. The Morgan fingerprint density at radius 1 is 1.00 bits per heavy atom. The first-order valence-electron chi connectivity index (χ1n) is 8.94. The molecule has 1 aliphatic rings. The van der Waals surface area contributed by atoms with Gasteiger partial charge >= 0.3 is 6.03 Å². The molecule has 0 saturated carbocycles. The SMILES string of the molecule is O=C(NCCCOc1ccccc1)N1CCN(c2ccccc2F)CC1. The van der Waals surface area contributed by atoms with Crippen molar-refractivity contribution in [2.75, 3.05) is 44.2 Å². The molecule has 5 nitrogen and oxygen atoms in total. The molecule has 2 amide bonds. The number of urea groups is 1. The van der Waals surface area contributed by atoms with Crippen LogP contribution in [0.15, 0.2) is 54.6 Å². The Kier molecular flexibility index (Phi) is 6.30. The van der Waals surface area contributed by atoms with Crippen LogP contribution in [-0.2, 0) is 0 Å². The molecule has 0 atom stereocenters. The van der Waals surface area contributed by atoms with E-state index in [4.69, 9.17) is 4.74 Å². The lowest BCUT2D eigenvalue weighted by Gasteiger charge is -2.36. The summed E-state index contributed by atoms with van der Waals surface area (Å²) in [6, 6.07) is 16.3. The summed E-state index contributed by atoms with van der Waals surface area (Å²) in [7, 11) is 0. The number of amides is 2. The second-order valence-corrected chi connectivity index (χ2v) is 6.17. The number of rotatable bonds is 6. The minimum absolute atomic E-state index is 0.0714. The average molecular weight is 357 g/mol. The largest absolute Gasteiger partial charge is 0.494 e. The van der Waals surface area contributed by atoms with E-state index in [1.165, 1.54) is 6.07 Å². The van der Waals surface area contributed by atoms with Gasteiger partial charge in [-0.2, -0.15) is 0 Å². The van der Waals surface area contributed by atoms with Gasteiger partial charge in [-0.25, -0.2) is 9.18 Å². The quantitative estimate of drug-likeness (QED) is 0.808. The van der Waals surface area contributed by atoms with E-state index in [2.05, 4.69) is 5.32 Å². The predicted molar refractivity (Wildman–Crippen MR) is 100 cm³/mol. The zero-order valence-corrected chi connectivity index (χ0v) is 14.7. The Labute approximate surface area is 153 Å². The van der Waals surface area contributed by atoms with Crippen molar-refractivity contribution in [1.82, 2.24) is 10.2 Å². The number of halogens is 1. The van der Waals surface area contributed by atoms with E-state index in [1.54, 1.807) is 17.0 Å². The normalized spacial score (nSPS) is 14.2. The van der Waals surface area contributed by atoms with E-state index in [1.807, 2.05) is 41.3 Å². The predicted octanol–water partition coefficient (Wildman–Crippen LogP) is 3.13. The minimum atomic E-state index is -0.219. The molecule has 0 aliphatic carbocycles. The Bertz CT molecular complexity index is 703. The standard InChI is InChI=1S/C20H24FN3O2/c21-18-9-4-5-10-19(18)23-12-14-24(15-13-23)20(25)22-11-6-16-26-17-7-2-1-3-8-17/h1-5,7-10H,6,11-16H2,(H,22,25). The first-order valence-corrected chi connectivity index (χ1v) is 8.94. The molecule has 3 rings (SSSR count). The molecule has 26 heavy (non-hydrogen) atoms.